The largest absolute Gasteiger partial charge is 0.306 e. The molecule has 222 valence electrons. The molecule has 2 aliphatic heterocycles. The van der Waals surface area contributed by atoms with E-state index in [1.165, 1.54) is 0 Å². The van der Waals surface area contributed by atoms with Gasteiger partial charge in [0.2, 0.25) is 10.0 Å². The Hall–Kier alpha value is -3.31. The fourth-order valence-corrected chi connectivity index (χ4v) is 7.87. The van der Waals surface area contributed by atoms with Crippen LogP contribution >= 0.6 is 0 Å². The van der Waals surface area contributed by atoms with E-state index in [1.807, 2.05) is 7.05 Å². The Morgan fingerprint density at radius 1 is 0.854 bits per heavy atom. The molecule has 41 heavy (non-hydrogen) atoms. The van der Waals surface area contributed by atoms with Gasteiger partial charge < -0.3 is 4.90 Å². The lowest BCUT2D eigenvalue weighted by molar-refractivity contribution is -0.385. The minimum atomic E-state index is -4.43. The standard InChI is InChI=1S/C25H30N4O10S2/c1-26-14-12-18(13-15-26)16-25(30)24-11-6-21(39-41(37,38)23-9-4-20(5-10-23)29(33)34)17-27(24)40(35,36)22-7-2-19(3-8-22)28(31)32/h2-5,7-10,18,21,24H,6,11-17H2,1H3/t21?,24-/m0/s1. The Bertz CT molecular complexity index is 1500. The van der Waals surface area contributed by atoms with Crippen molar-refractivity contribution in [1.82, 2.24) is 9.21 Å². The number of benzene rings is 2. The van der Waals surface area contributed by atoms with Crippen LogP contribution in [-0.4, -0.2) is 80.5 Å². The average molecular weight is 611 g/mol. The predicted octanol–water partition coefficient (Wildman–Crippen LogP) is 2.73. The van der Waals surface area contributed by atoms with Crippen molar-refractivity contribution in [2.45, 2.75) is 54.0 Å². The van der Waals surface area contributed by atoms with Gasteiger partial charge >= 0.3 is 0 Å². The van der Waals surface area contributed by atoms with Gasteiger partial charge in [0.15, 0.2) is 5.78 Å². The Kier molecular flexibility index (Phi) is 9.18. The first kappa shape index (κ1) is 30.6. The number of sulfonamides is 1. The summed E-state index contributed by atoms with van der Waals surface area (Å²) in [5, 5.41) is 22.0. The van der Waals surface area contributed by atoms with E-state index < -0.39 is 48.7 Å². The number of nitro benzene ring substituents is 2. The van der Waals surface area contributed by atoms with E-state index in [4.69, 9.17) is 4.18 Å². The average Bonchev–Trinajstić information content (AvgIpc) is 2.94. The molecule has 1 unspecified atom stereocenters. The van der Waals surface area contributed by atoms with Gasteiger partial charge in [-0.15, -0.1) is 0 Å². The van der Waals surface area contributed by atoms with Crippen molar-refractivity contribution in [3.63, 3.8) is 0 Å². The molecule has 0 radical (unpaired) electrons. The van der Waals surface area contributed by atoms with Gasteiger partial charge in [-0.05, 0) is 76.0 Å². The van der Waals surface area contributed by atoms with Crippen molar-refractivity contribution in [2.75, 3.05) is 26.7 Å². The summed E-state index contributed by atoms with van der Waals surface area (Å²) in [6.07, 6.45) is 0.708. The molecule has 0 saturated carbocycles. The van der Waals surface area contributed by atoms with Crippen molar-refractivity contribution in [1.29, 1.82) is 0 Å². The van der Waals surface area contributed by atoms with E-state index in [0.29, 0.717) is 0 Å². The summed E-state index contributed by atoms with van der Waals surface area (Å²) in [6, 6.07) is 7.25. The maximum atomic E-state index is 13.7. The smallest absolute Gasteiger partial charge is 0.297 e. The number of likely N-dealkylation sites (tertiary alicyclic amines) is 1. The van der Waals surface area contributed by atoms with Gasteiger partial charge in [0.25, 0.3) is 21.5 Å². The number of ketones is 1. The van der Waals surface area contributed by atoms with E-state index in [1.54, 1.807) is 0 Å². The van der Waals surface area contributed by atoms with Crippen LogP contribution < -0.4 is 0 Å². The number of non-ortho nitro benzene ring substituents is 2. The molecule has 4 rings (SSSR count). The van der Waals surface area contributed by atoms with Crippen molar-refractivity contribution in [3.05, 3.63) is 68.8 Å². The number of nitro groups is 2. The third kappa shape index (κ3) is 7.13. The number of Topliss-reactive ketones (excluding diaryl/α,β-unsaturated/α-hetero) is 1. The number of carbonyl (C=O) groups excluding carboxylic acids is 1. The van der Waals surface area contributed by atoms with Crippen LogP contribution in [0, 0.1) is 26.1 Å². The van der Waals surface area contributed by atoms with E-state index in [9.17, 15) is 41.9 Å². The van der Waals surface area contributed by atoms with E-state index in [2.05, 4.69) is 4.90 Å². The van der Waals surface area contributed by atoms with E-state index >= 15 is 0 Å². The van der Waals surface area contributed by atoms with Crippen molar-refractivity contribution >= 4 is 37.3 Å². The molecule has 0 bridgehead atoms. The molecule has 0 N–H and O–H groups in total. The lowest BCUT2D eigenvalue weighted by Gasteiger charge is -2.38. The molecule has 0 aliphatic carbocycles. The zero-order chi connectivity index (χ0) is 29.9. The van der Waals surface area contributed by atoms with Crippen LogP contribution in [0.4, 0.5) is 11.4 Å². The molecule has 2 aromatic rings. The van der Waals surface area contributed by atoms with Crippen LogP contribution in [-0.2, 0) is 29.1 Å². The van der Waals surface area contributed by atoms with Crippen LogP contribution in [0.3, 0.4) is 0 Å². The molecule has 2 aliphatic rings. The van der Waals surface area contributed by atoms with Crippen LogP contribution in [0.5, 0.6) is 0 Å². The van der Waals surface area contributed by atoms with Gasteiger partial charge in [0, 0.05) is 37.2 Å². The molecule has 2 heterocycles. The van der Waals surface area contributed by atoms with Crippen LogP contribution in [0.25, 0.3) is 0 Å². The maximum absolute atomic E-state index is 13.7. The quantitative estimate of drug-likeness (QED) is 0.219. The predicted molar refractivity (Wildman–Crippen MR) is 145 cm³/mol. The number of nitrogens with zero attached hydrogens (tertiary/aromatic N) is 4. The van der Waals surface area contributed by atoms with Crippen molar-refractivity contribution < 1.29 is 35.7 Å². The first-order chi connectivity index (χ1) is 19.3. The lowest BCUT2D eigenvalue weighted by Crippen LogP contribution is -2.53. The number of piperidine rings is 2. The summed E-state index contributed by atoms with van der Waals surface area (Å²) < 4.78 is 59.6. The molecule has 16 heteroatoms. The number of hydrogen-bond donors (Lipinski definition) is 0. The summed E-state index contributed by atoms with van der Waals surface area (Å²) in [6.45, 7) is 1.20. The molecule has 0 aromatic heterocycles. The minimum Gasteiger partial charge on any atom is -0.306 e. The SMILES string of the molecule is CN1CCC(CC(=O)[C@@H]2CCC(OS(=O)(=O)c3ccc([N+](=O)[O-])cc3)CN2S(=O)(=O)c2ccc([N+](=O)[O-])cc2)CC1. The first-order valence-corrected chi connectivity index (χ1v) is 15.8. The highest BCUT2D eigenvalue weighted by Crippen LogP contribution is 2.32. The van der Waals surface area contributed by atoms with Gasteiger partial charge in [0.05, 0.1) is 31.8 Å². The minimum absolute atomic E-state index is 0.0120. The summed E-state index contributed by atoms with van der Waals surface area (Å²) in [5.74, 6) is -0.180. The van der Waals surface area contributed by atoms with Gasteiger partial charge in [-0.3, -0.25) is 29.2 Å². The van der Waals surface area contributed by atoms with Crippen LogP contribution in [0.15, 0.2) is 58.3 Å². The van der Waals surface area contributed by atoms with Crippen molar-refractivity contribution in [3.8, 4) is 0 Å². The molecule has 0 spiro atoms. The number of rotatable bonds is 10. The summed E-state index contributed by atoms with van der Waals surface area (Å²) in [4.78, 5) is 35.6. The topological polar surface area (TPSA) is 187 Å². The maximum Gasteiger partial charge on any atom is 0.297 e. The fraction of sp³-hybridized carbons (Fsp3) is 0.480. The second-order valence-corrected chi connectivity index (χ2v) is 13.7. The lowest BCUT2D eigenvalue weighted by atomic mass is 9.88. The zero-order valence-corrected chi connectivity index (χ0v) is 23.8. The zero-order valence-electron chi connectivity index (χ0n) is 22.2. The highest BCUT2D eigenvalue weighted by molar-refractivity contribution is 7.89. The highest BCUT2D eigenvalue weighted by atomic mass is 32.2. The highest BCUT2D eigenvalue weighted by Gasteiger charge is 2.43. The Balaban J connectivity index is 1.58. The summed E-state index contributed by atoms with van der Waals surface area (Å²) in [5.41, 5.74) is -0.624. The number of carbonyl (C=O) groups is 1. The monoisotopic (exact) mass is 610 g/mol. The Labute approximate surface area is 237 Å². The third-order valence-electron chi connectivity index (χ3n) is 7.45. The first-order valence-electron chi connectivity index (χ1n) is 12.9. The molecular formula is C25H30N4O10S2. The molecule has 0 amide bonds. The van der Waals surface area contributed by atoms with Crippen molar-refractivity contribution in [2.24, 2.45) is 5.92 Å². The molecule has 2 aromatic carbocycles. The molecule has 14 nitrogen and oxygen atoms in total. The molecule has 2 fully saturated rings. The second-order valence-electron chi connectivity index (χ2n) is 10.3. The van der Waals surface area contributed by atoms with E-state index in [-0.39, 0.29) is 52.1 Å². The fourth-order valence-electron chi connectivity index (χ4n) is 5.10. The van der Waals surface area contributed by atoms with Gasteiger partial charge in [0.1, 0.15) is 0 Å². The number of hydrogen-bond acceptors (Lipinski definition) is 11. The van der Waals surface area contributed by atoms with Gasteiger partial charge in [-0.2, -0.15) is 12.7 Å². The summed E-state index contributed by atoms with van der Waals surface area (Å²) in [7, 11) is -6.82. The Morgan fingerprint density at radius 2 is 1.37 bits per heavy atom. The van der Waals surface area contributed by atoms with Crippen LogP contribution in [0.2, 0.25) is 0 Å². The van der Waals surface area contributed by atoms with Gasteiger partial charge in [-0.25, -0.2) is 8.42 Å². The molecular weight excluding hydrogens is 580 g/mol. The normalized spacial score (nSPS) is 21.4. The molecule has 2 saturated heterocycles. The van der Waals surface area contributed by atoms with Crippen LogP contribution in [0.1, 0.15) is 32.1 Å². The summed E-state index contributed by atoms with van der Waals surface area (Å²) >= 11 is 0. The Morgan fingerprint density at radius 3 is 1.88 bits per heavy atom. The van der Waals surface area contributed by atoms with Gasteiger partial charge in [-0.1, -0.05) is 0 Å². The van der Waals surface area contributed by atoms with E-state index in [0.717, 1.165) is 78.8 Å². The second kappa shape index (κ2) is 12.3. The molecule has 2 atom stereocenters. The third-order valence-corrected chi connectivity index (χ3v) is 10.7.